The fraction of sp³-hybridized carbons (Fsp3) is 0.500. The summed E-state index contributed by atoms with van der Waals surface area (Å²) in [4.78, 5) is 26.9. The molecule has 0 aromatic rings. The maximum absolute atomic E-state index is 12.5. The topological polar surface area (TPSA) is 37.4 Å². The lowest BCUT2D eigenvalue weighted by molar-refractivity contribution is -0.127. The molecule has 0 heterocycles. The van der Waals surface area contributed by atoms with E-state index < -0.39 is 6.04 Å². The number of hydrogen-bond donors (Lipinski definition) is 0. The minimum Gasteiger partial charge on any atom is -0.292 e. The van der Waals surface area contributed by atoms with Gasteiger partial charge in [-0.2, -0.15) is 0 Å². The molecule has 0 N–H and O–H groups in total. The van der Waals surface area contributed by atoms with Gasteiger partial charge in [0.1, 0.15) is 6.04 Å². The Hall–Kier alpha value is -1.48. The number of nitrogens with zero attached hydrogens (tertiary/aromatic N) is 1. The van der Waals surface area contributed by atoms with E-state index in [2.05, 4.69) is 20.4 Å². The zero-order valence-electron chi connectivity index (χ0n) is 11.7. The van der Waals surface area contributed by atoms with Crippen LogP contribution < -0.4 is 0 Å². The van der Waals surface area contributed by atoms with Gasteiger partial charge in [-0.1, -0.05) is 32.1 Å². The predicted molar refractivity (Wildman–Crippen MR) is 75.9 cm³/mol. The van der Waals surface area contributed by atoms with Crippen molar-refractivity contribution in [2.75, 3.05) is 13.1 Å². The first-order valence-electron chi connectivity index (χ1n) is 7.02. The second-order valence-electron chi connectivity index (χ2n) is 5.21. The summed E-state index contributed by atoms with van der Waals surface area (Å²) in [5.41, 5.74) is 2.08. The number of hydrogen-bond acceptors (Lipinski definition) is 3. The Kier molecular flexibility index (Phi) is 4.15. The molecule has 3 heteroatoms. The monoisotopic (exact) mass is 259 g/mol. The first-order valence-corrected chi connectivity index (χ1v) is 7.02. The first-order chi connectivity index (χ1) is 9.10. The van der Waals surface area contributed by atoms with Crippen LogP contribution in [0.5, 0.6) is 0 Å². The van der Waals surface area contributed by atoms with Crippen LogP contribution in [-0.2, 0) is 9.59 Å². The van der Waals surface area contributed by atoms with E-state index >= 15 is 0 Å². The van der Waals surface area contributed by atoms with Crippen molar-refractivity contribution in [1.29, 1.82) is 0 Å². The highest BCUT2D eigenvalue weighted by Crippen LogP contribution is 2.33. The standard InChI is InChI=1S/C16H21NO2/c1-4-8-17(9-5-2)14-15(18)12-7-6-11(3)10-13(12)16(14)19/h7,10,14H,3-6,8-9H2,1-2H3. The van der Waals surface area contributed by atoms with Crippen LogP contribution in [0.3, 0.4) is 0 Å². The molecule has 3 nitrogen and oxygen atoms in total. The highest BCUT2D eigenvalue weighted by Gasteiger charge is 2.44. The molecule has 1 atom stereocenters. The predicted octanol–water partition coefficient (Wildman–Crippen LogP) is 2.44. The van der Waals surface area contributed by atoms with Crippen LogP contribution in [0.25, 0.3) is 0 Å². The van der Waals surface area contributed by atoms with Crippen molar-refractivity contribution < 1.29 is 9.59 Å². The Labute approximate surface area is 114 Å². The van der Waals surface area contributed by atoms with E-state index in [9.17, 15) is 9.59 Å². The fourth-order valence-electron chi connectivity index (χ4n) is 2.81. The lowest BCUT2D eigenvalue weighted by Crippen LogP contribution is -2.43. The Morgan fingerprint density at radius 3 is 2.32 bits per heavy atom. The molecule has 0 amide bonds. The largest absolute Gasteiger partial charge is 0.292 e. The number of Topliss-reactive ketones (excluding diaryl/α,β-unsaturated/α-hetero) is 2. The second kappa shape index (κ2) is 5.66. The molecule has 0 radical (unpaired) electrons. The van der Waals surface area contributed by atoms with Gasteiger partial charge in [-0.05, 0) is 38.4 Å². The summed E-state index contributed by atoms with van der Waals surface area (Å²) in [6, 6.07) is -0.594. The number of allylic oxidation sites excluding steroid dienone is 3. The normalized spacial score (nSPS) is 22.7. The fourth-order valence-corrected chi connectivity index (χ4v) is 2.81. The number of carbonyl (C=O) groups excluding carboxylic acids is 2. The number of carbonyl (C=O) groups is 2. The number of ketones is 2. The summed E-state index contributed by atoms with van der Waals surface area (Å²) in [7, 11) is 0. The molecule has 0 aromatic heterocycles. The van der Waals surface area contributed by atoms with Gasteiger partial charge in [0.2, 0.25) is 0 Å². The molecule has 1 saturated carbocycles. The van der Waals surface area contributed by atoms with Gasteiger partial charge in [0, 0.05) is 11.1 Å². The minimum atomic E-state index is -0.594. The van der Waals surface area contributed by atoms with Gasteiger partial charge in [0.15, 0.2) is 11.6 Å². The van der Waals surface area contributed by atoms with Gasteiger partial charge in [-0.25, -0.2) is 0 Å². The number of fused-ring (bicyclic) bond motifs is 1. The Bertz CT molecular complexity index is 479. The van der Waals surface area contributed by atoms with Crippen molar-refractivity contribution >= 4 is 11.6 Å². The molecule has 19 heavy (non-hydrogen) atoms. The van der Waals surface area contributed by atoms with Crippen LogP contribution in [0.2, 0.25) is 0 Å². The molecular weight excluding hydrogens is 238 g/mol. The maximum Gasteiger partial charge on any atom is 0.188 e. The highest BCUT2D eigenvalue weighted by atomic mass is 16.2. The van der Waals surface area contributed by atoms with Crippen molar-refractivity contribution in [3.63, 3.8) is 0 Å². The van der Waals surface area contributed by atoms with Crippen LogP contribution in [-0.4, -0.2) is 35.6 Å². The van der Waals surface area contributed by atoms with Crippen molar-refractivity contribution in [3.05, 3.63) is 35.5 Å². The summed E-state index contributed by atoms with van der Waals surface area (Å²) < 4.78 is 0. The van der Waals surface area contributed by atoms with E-state index in [1.165, 1.54) is 0 Å². The van der Waals surface area contributed by atoms with E-state index in [0.29, 0.717) is 17.6 Å². The Morgan fingerprint density at radius 2 is 1.74 bits per heavy atom. The zero-order chi connectivity index (χ0) is 14.0. The van der Waals surface area contributed by atoms with E-state index in [1.54, 1.807) is 6.08 Å². The lowest BCUT2D eigenvalue weighted by Gasteiger charge is -2.25. The summed E-state index contributed by atoms with van der Waals surface area (Å²) in [6.45, 7) is 9.60. The molecule has 1 unspecified atom stereocenters. The van der Waals surface area contributed by atoms with Crippen molar-refractivity contribution in [1.82, 2.24) is 4.90 Å². The van der Waals surface area contributed by atoms with Crippen LogP contribution in [0.15, 0.2) is 35.5 Å². The zero-order valence-corrected chi connectivity index (χ0v) is 11.7. The van der Waals surface area contributed by atoms with E-state index in [1.807, 2.05) is 11.0 Å². The smallest absolute Gasteiger partial charge is 0.188 e. The summed E-state index contributed by atoms with van der Waals surface area (Å²) >= 11 is 0. The second-order valence-corrected chi connectivity index (χ2v) is 5.21. The molecular formula is C16H21NO2. The van der Waals surface area contributed by atoms with Gasteiger partial charge < -0.3 is 0 Å². The quantitative estimate of drug-likeness (QED) is 0.712. The molecule has 0 saturated heterocycles. The molecule has 1 fully saturated rings. The lowest BCUT2D eigenvalue weighted by atomic mass is 9.97. The van der Waals surface area contributed by atoms with Crippen molar-refractivity contribution in [2.24, 2.45) is 0 Å². The average Bonchev–Trinajstić information content (AvgIpc) is 2.61. The van der Waals surface area contributed by atoms with Gasteiger partial charge in [-0.3, -0.25) is 14.5 Å². The van der Waals surface area contributed by atoms with Crippen molar-refractivity contribution in [3.8, 4) is 0 Å². The van der Waals surface area contributed by atoms with E-state index in [-0.39, 0.29) is 11.6 Å². The van der Waals surface area contributed by atoms with E-state index in [0.717, 1.165) is 31.5 Å². The molecule has 0 spiro atoms. The SMILES string of the molecule is C=C1C=C2C(=O)C(N(CCC)CCC)C(=O)C2=CC1. The maximum atomic E-state index is 12.5. The van der Waals surface area contributed by atoms with Gasteiger partial charge in [0.05, 0.1) is 0 Å². The van der Waals surface area contributed by atoms with Crippen LogP contribution >= 0.6 is 0 Å². The highest BCUT2D eigenvalue weighted by molar-refractivity contribution is 6.32. The molecule has 2 aliphatic carbocycles. The first kappa shape index (κ1) is 13.9. The third-order valence-corrected chi connectivity index (χ3v) is 3.62. The van der Waals surface area contributed by atoms with Crippen LogP contribution in [0, 0.1) is 0 Å². The minimum absolute atomic E-state index is 0.0225. The van der Waals surface area contributed by atoms with Gasteiger partial charge >= 0.3 is 0 Å². The van der Waals surface area contributed by atoms with Gasteiger partial charge in [0.25, 0.3) is 0 Å². The van der Waals surface area contributed by atoms with Crippen LogP contribution in [0.4, 0.5) is 0 Å². The molecule has 0 aromatic carbocycles. The summed E-state index contributed by atoms with van der Waals surface area (Å²) in [5.74, 6) is -0.0651. The Morgan fingerprint density at radius 1 is 1.16 bits per heavy atom. The molecule has 102 valence electrons. The summed E-state index contributed by atoms with van der Waals surface area (Å²) in [5, 5.41) is 0. The third kappa shape index (κ3) is 2.47. The molecule has 0 aliphatic heterocycles. The Balaban J connectivity index is 2.32. The van der Waals surface area contributed by atoms with Crippen molar-refractivity contribution in [2.45, 2.75) is 39.2 Å². The van der Waals surface area contributed by atoms with Crippen LogP contribution in [0.1, 0.15) is 33.1 Å². The molecule has 2 aliphatic rings. The number of rotatable bonds is 5. The van der Waals surface area contributed by atoms with Gasteiger partial charge in [-0.15, -0.1) is 0 Å². The van der Waals surface area contributed by atoms with E-state index in [4.69, 9.17) is 0 Å². The molecule has 0 bridgehead atoms. The molecule has 2 rings (SSSR count). The average molecular weight is 259 g/mol. The summed E-state index contributed by atoms with van der Waals surface area (Å²) in [6.07, 6.45) is 6.20. The third-order valence-electron chi connectivity index (χ3n) is 3.62.